The minimum Gasteiger partial charge on any atom is -0.379 e. The second-order valence-electron chi connectivity index (χ2n) is 6.88. The number of halogens is 2. The summed E-state index contributed by atoms with van der Waals surface area (Å²) in [4.78, 5) is 6.17. The largest absolute Gasteiger partial charge is 0.379 e. The fourth-order valence-electron chi connectivity index (χ4n) is 3.69. The molecule has 0 saturated carbocycles. The van der Waals surface area contributed by atoms with E-state index in [1.54, 1.807) is 24.7 Å². The molecule has 0 spiro atoms. The van der Waals surface area contributed by atoms with Crippen molar-refractivity contribution < 1.29 is 9.50 Å². The van der Waals surface area contributed by atoms with Crippen LogP contribution >= 0.6 is 11.6 Å². The lowest BCUT2D eigenvalue weighted by Gasteiger charge is -2.25. The lowest BCUT2D eigenvalue weighted by atomic mass is 9.86. The Kier molecular flexibility index (Phi) is 4.01. The van der Waals surface area contributed by atoms with Crippen LogP contribution in [0.3, 0.4) is 0 Å². The van der Waals surface area contributed by atoms with E-state index in [-0.39, 0.29) is 11.9 Å². The average Bonchev–Trinajstić information content (AvgIpc) is 3.19. The van der Waals surface area contributed by atoms with Gasteiger partial charge in [0.05, 0.1) is 24.3 Å². The van der Waals surface area contributed by atoms with E-state index in [1.807, 2.05) is 47.8 Å². The molecule has 1 N–H and O–H groups in total. The van der Waals surface area contributed by atoms with Gasteiger partial charge in [-0.3, -0.25) is 0 Å². The Labute approximate surface area is 156 Å². The highest BCUT2D eigenvalue weighted by Crippen LogP contribution is 2.47. The van der Waals surface area contributed by atoms with Gasteiger partial charge >= 0.3 is 0 Å². The molecule has 1 aromatic heterocycles. The molecule has 0 aliphatic carbocycles. The molecule has 2 aromatic carbocycles. The van der Waals surface area contributed by atoms with E-state index in [0.717, 1.165) is 11.3 Å². The molecule has 26 heavy (non-hydrogen) atoms. The van der Waals surface area contributed by atoms with Crippen LogP contribution in [0, 0.1) is 5.82 Å². The van der Waals surface area contributed by atoms with E-state index in [2.05, 4.69) is 4.98 Å². The minimum absolute atomic E-state index is 0.334. The number of rotatable bonds is 3. The van der Waals surface area contributed by atoms with Gasteiger partial charge in [0, 0.05) is 36.8 Å². The number of hydrogen-bond acceptors (Lipinski definition) is 3. The summed E-state index contributed by atoms with van der Waals surface area (Å²) in [5.74, 6) is -0.381. The zero-order chi connectivity index (χ0) is 18.5. The van der Waals surface area contributed by atoms with Gasteiger partial charge in [-0.25, -0.2) is 9.37 Å². The Bertz CT molecular complexity index is 971. The van der Waals surface area contributed by atoms with Gasteiger partial charge in [-0.15, -0.1) is 0 Å². The number of imidazole rings is 1. The van der Waals surface area contributed by atoms with Gasteiger partial charge in [0.1, 0.15) is 11.4 Å². The molecular weight excluding hydrogens is 353 g/mol. The third kappa shape index (κ3) is 2.59. The van der Waals surface area contributed by atoms with E-state index in [1.165, 1.54) is 6.07 Å². The van der Waals surface area contributed by atoms with Crippen molar-refractivity contribution in [1.82, 2.24) is 9.55 Å². The van der Waals surface area contributed by atoms with Crippen LogP contribution in [0.2, 0.25) is 5.02 Å². The highest BCUT2D eigenvalue weighted by Gasteiger charge is 2.45. The first-order chi connectivity index (χ1) is 12.4. The molecule has 0 unspecified atom stereocenters. The van der Waals surface area contributed by atoms with Gasteiger partial charge in [-0.1, -0.05) is 29.8 Å². The maximum absolute atomic E-state index is 14.5. The molecule has 0 saturated heterocycles. The van der Waals surface area contributed by atoms with Crippen molar-refractivity contribution in [2.24, 2.45) is 0 Å². The number of aliphatic hydroxyl groups is 1. The minimum atomic E-state index is -1.24. The van der Waals surface area contributed by atoms with Gasteiger partial charge in [0.2, 0.25) is 0 Å². The SMILES string of the molecule is CN(C)c1cccc([C@@]2(O)C[C@H](c3ccc(Cl)cc3F)n3cncc32)c1. The molecule has 3 aromatic rings. The summed E-state index contributed by atoms with van der Waals surface area (Å²) in [6.45, 7) is 0. The number of hydrogen-bond donors (Lipinski definition) is 1. The van der Waals surface area contributed by atoms with Crippen LogP contribution < -0.4 is 4.90 Å². The second kappa shape index (κ2) is 6.11. The van der Waals surface area contributed by atoms with Crippen molar-refractivity contribution >= 4 is 17.3 Å². The van der Waals surface area contributed by atoms with Crippen LogP contribution in [0.25, 0.3) is 0 Å². The van der Waals surface area contributed by atoms with Crippen LogP contribution in [-0.4, -0.2) is 28.8 Å². The Morgan fingerprint density at radius 3 is 2.81 bits per heavy atom. The Morgan fingerprint density at radius 2 is 2.08 bits per heavy atom. The molecule has 0 radical (unpaired) electrons. The van der Waals surface area contributed by atoms with Crippen LogP contribution in [0.4, 0.5) is 10.1 Å². The molecule has 1 aliphatic rings. The van der Waals surface area contributed by atoms with Crippen LogP contribution in [0.5, 0.6) is 0 Å². The number of fused-ring (bicyclic) bond motifs is 1. The van der Waals surface area contributed by atoms with E-state index in [9.17, 15) is 9.50 Å². The van der Waals surface area contributed by atoms with Gasteiger partial charge < -0.3 is 14.6 Å². The third-order valence-electron chi connectivity index (χ3n) is 5.08. The predicted octanol–water partition coefficient (Wildman–Crippen LogP) is 3.97. The van der Waals surface area contributed by atoms with Crippen molar-refractivity contribution in [3.05, 3.63) is 82.6 Å². The first kappa shape index (κ1) is 17.1. The molecule has 0 bridgehead atoms. The molecule has 0 fully saturated rings. The molecule has 2 heterocycles. The predicted molar refractivity (Wildman–Crippen MR) is 100 cm³/mol. The summed E-state index contributed by atoms with van der Waals surface area (Å²) in [5.41, 5.74) is 1.67. The number of anilines is 1. The Morgan fingerprint density at radius 1 is 1.27 bits per heavy atom. The molecule has 4 nitrogen and oxygen atoms in total. The van der Waals surface area contributed by atoms with Crippen LogP contribution in [-0.2, 0) is 5.60 Å². The molecule has 6 heteroatoms. The molecule has 2 atom stereocenters. The summed E-state index contributed by atoms with van der Waals surface area (Å²) < 4.78 is 16.4. The maximum Gasteiger partial charge on any atom is 0.133 e. The monoisotopic (exact) mass is 371 g/mol. The lowest BCUT2D eigenvalue weighted by Crippen LogP contribution is -2.25. The first-order valence-corrected chi connectivity index (χ1v) is 8.75. The lowest BCUT2D eigenvalue weighted by molar-refractivity contribution is 0.0793. The fraction of sp³-hybridized carbons (Fsp3) is 0.250. The fourth-order valence-corrected chi connectivity index (χ4v) is 3.85. The second-order valence-corrected chi connectivity index (χ2v) is 7.31. The molecule has 0 amide bonds. The first-order valence-electron chi connectivity index (χ1n) is 8.37. The van der Waals surface area contributed by atoms with Crippen molar-refractivity contribution in [2.45, 2.75) is 18.1 Å². The van der Waals surface area contributed by atoms with Gasteiger partial charge in [-0.05, 0) is 29.8 Å². The quantitative estimate of drug-likeness (QED) is 0.757. The standard InChI is InChI=1S/C20H19ClFN3O/c1-24(2)15-5-3-4-13(8-15)20(26)10-18(25-12-23-11-19(20)25)16-7-6-14(21)9-17(16)22/h3-9,11-12,18,26H,10H2,1-2H3/t18-,20+/m1/s1. The summed E-state index contributed by atoms with van der Waals surface area (Å²) in [6, 6.07) is 12.0. The molecule has 134 valence electrons. The van der Waals surface area contributed by atoms with E-state index in [0.29, 0.717) is 22.7 Å². The Hall–Kier alpha value is -2.37. The molecule has 4 rings (SSSR count). The number of benzene rings is 2. The van der Waals surface area contributed by atoms with Crippen LogP contribution in [0.1, 0.15) is 29.3 Å². The normalized spacial score (nSPS) is 21.7. The topological polar surface area (TPSA) is 41.3 Å². The summed E-state index contributed by atoms with van der Waals surface area (Å²) >= 11 is 5.89. The highest BCUT2D eigenvalue weighted by molar-refractivity contribution is 6.30. The zero-order valence-corrected chi connectivity index (χ0v) is 15.3. The summed E-state index contributed by atoms with van der Waals surface area (Å²) in [7, 11) is 3.90. The van der Waals surface area contributed by atoms with Crippen molar-refractivity contribution in [2.75, 3.05) is 19.0 Å². The van der Waals surface area contributed by atoms with Crippen molar-refractivity contribution in [3.8, 4) is 0 Å². The van der Waals surface area contributed by atoms with Gasteiger partial charge in [-0.2, -0.15) is 0 Å². The molecular formula is C20H19ClFN3O. The number of nitrogens with zero attached hydrogens (tertiary/aromatic N) is 3. The van der Waals surface area contributed by atoms with E-state index < -0.39 is 5.60 Å². The summed E-state index contributed by atoms with van der Waals surface area (Å²) in [5, 5.41) is 11.9. The zero-order valence-electron chi connectivity index (χ0n) is 14.5. The Balaban J connectivity index is 1.82. The van der Waals surface area contributed by atoms with Gasteiger partial charge in [0.25, 0.3) is 0 Å². The smallest absolute Gasteiger partial charge is 0.133 e. The van der Waals surface area contributed by atoms with E-state index in [4.69, 9.17) is 11.6 Å². The maximum atomic E-state index is 14.5. The van der Waals surface area contributed by atoms with E-state index >= 15 is 0 Å². The van der Waals surface area contributed by atoms with Crippen molar-refractivity contribution in [3.63, 3.8) is 0 Å². The number of aromatic nitrogens is 2. The van der Waals surface area contributed by atoms with Crippen molar-refractivity contribution in [1.29, 1.82) is 0 Å². The molecule has 1 aliphatic heterocycles. The summed E-state index contributed by atoms with van der Waals surface area (Å²) in [6.07, 6.45) is 3.62. The third-order valence-corrected chi connectivity index (χ3v) is 5.31. The highest BCUT2D eigenvalue weighted by atomic mass is 35.5. The average molecular weight is 372 g/mol. The van der Waals surface area contributed by atoms with Crippen LogP contribution in [0.15, 0.2) is 55.0 Å². The van der Waals surface area contributed by atoms with Gasteiger partial charge in [0.15, 0.2) is 0 Å².